The Morgan fingerprint density at radius 2 is 1.09 bits per heavy atom. The molecule has 0 aliphatic rings. The lowest BCUT2D eigenvalue weighted by molar-refractivity contribution is -0.137. The highest BCUT2D eigenvalue weighted by atomic mass is 19.4. The van der Waals surface area contributed by atoms with Crippen LogP contribution in [0.4, 0.5) is 26.3 Å². The molecule has 0 aliphatic carbocycles. The molecule has 6 heteroatoms. The Morgan fingerprint density at radius 3 is 1.45 bits per heavy atom. The summed E-state index contributed by atoms with van der Waals surface area (Å²) in [5.41, 5.74) is -0.822. The smallest absolute Gasteiger partial charge is 0.166 e. The van der Waals surface area contributed by atoms with Gasteiger partial charge in [0.25, 0.3) is 0 Å². The lowest BCUT2D eigenvalue weighted by Gasteiger charge is -2.11. The number of hydrogen-bond acceptors (Lipinski definition) is 0. The first kappa shape index (κ1) is 16.1. The van der Waals surface area contributed by atoms with Crippen molar-refractivity contribution in [2.75, 3.05) is 0 Å². The van der Waals surface area contributed by atoms with Crippen LogP contribution in [0.1, 0.15) is 11.1 Å². The lowest BCUT2D eigenvalue weighted by atomic mass is 10.00. The predicted octanol–water partition coefficient (Wildman–Crippen LogP) is 5.95. The van der Waals surface area contributed by atoms with Crippen molar-refractivity contribution < 1.29 is 26.3 Å². The molecule has 0 saturated carbocycles. The molecule has 0 aliphatic heterocycles. The largest absolute Gasteiger partial charge is 0.416 e. The van der Waals surface area contributed by atoms with Gasteiger partial charge in [-0.3, -0.25) is 0 Å². The molecule has 0 N–H and O–H groups in total. The molecule has 0 saturated heterocycles. The summed E-state index contributed by atoms with van der Waals surface area (Å²) < 4.78 is 74.9. The van der Waals surface area contributed by atoms with E-state index in [0.29, 0.717) is 11.1 Å². The van der Waals surface area contributed by atoms with Gasteiger partial charge in [-0.1, -0.05) is 43.0 Å². The van der Waals surface area contributed by atoms with Crippen molar-refractivity contribution in [3.05, 3.63) is 66.2 Å². The van der Waals surface area contributed by atoms with Crippen LogP contribution in [0.3, 0.4) is 0 Å². The third-order valence-electron chi connectivity index (χ3n) is 3.12. The van der Waals surface area contributed by atoms with Crippen LogP contribution in [0.25, 0.3) is 16.7 Å². The fourth-order valence-electron chi connectivity index (χ4n) is 1.88. The van der Waals surface area contributed by atoms with Crippen molar-refractivity contribution in [2.45, 2.75) is 12.4 Å². The van der Waals surface area contributed by atoms with E-state index in [-0.39, 0.29) is 5.56 Å². The zero-order valence-corrected chi connectivity index (χ0v) is 11.1. The second-order valence-corrected chi connectivity index (χ2v) is 4.63. The predicted molar refractivity (Wildman–Crippen MR) is 72.0 cm³/mol. The van der Waals surface area contributed by atoms with E-state index in [9.17, 15) is 26.3 Å². The van der Waals surface area contributed by atoms with E-state index in [0.717, 1.165) is 12.1 Å². The van der Waals surface area contributed by atoms with Gasteiger partial charge in [-0.25, -0.2) is 0 Å². The van der Waals surface area contributed by atoms with E-state index in [2.05, 4.69) is 6.58 Å². The Kier molecular flexibility index (Phi) is 4.04. The minimum atomic E-state index is -4.52. The first-order valence-electron chi connectivity index (χ1n) is 6.13. The topological polar surface area (TPSA) is 0 Å². The molecule has 0 nitrogen and oxygen atoms in total. The summed E-state index contributed by atoms with van der Waals surface area (Å²) in [6.07, 6.45) is -8.94. The van der Waals surface area contributed by atoms with E-state index >= 15 is 0 Å². The van der Waals surface area contributed by atoms with E-state index in [1.807, 2.05) is 0 Å². The van der Waals surface area contributed by atoms with Gasteiger partial charge in [-0.05, 0) is 28.8 Å². The van der Waals surface area contributed by atoms with Crippen molar-refractivity contribution in [1.29, 1.82) is 0 Å². The lowest BCUT2D eigenvalue weighted by Crippen LogP contribution is -2.09. The summed E-state index contributed by atoms with van der Waals surface area (Å²) in [4.78, 5) is 0. The maximum atomic E-state index is 12.5. The minimum Gasteiger partial charge on any atom is -0.166 e. The summed E-state index contributed by atoms with van der Waals surface area (Å²) in [7, 11) is 0. The van der Waals surface area contributed by atoms with Gasteiger partial charge in [0.2, 0.25) is 0 Å². The molecule has 0 amide bonds. The average molecular weight is 316 g/mol. The van der Waals surface area contributed by atoms with Crippen LogP contribution in [0.5, 0.6) is 0 Å². The van der Waals surface area contributed by atoms with Gasteiger partial charge < -0.3 is 0 Å². The van der Waals surface area contributed by atoms with Crippen LogP contribution in [-0.4, -0.2) is 6.18 Å². The molecule has 0 radical (unpaired) electrons. The van der Waals surface area contributed by atoms with E-state index in [4.69, 9.17) is 0 Å². The Labute approximate surface area is 122 Å². The molecule has 0 fully saturated rings. The van der Waals surface area contributed by atoms with Crippen LogP contribution in [0.2, 0.25) is 0 Å². The number of rotatable bonds is 2. The van der Waals surface area contributed by atoms with Gasteiger partial charge in [-0.15, -0.1) is 0 Å². The Morgan fingerprint density at radius 1 is 0.682 bits per heavy atom. The highest BCUT2D eigenvalue weighted by Gasteiger charge is 2.32. The van der Waals surface area contributed by atoms with Crippen molar-refractivity contribution >= 4 is 5.57 Å². The Balaban J connectivity index is 2.26. The van der Waals surface area contributed by atoms with Gasteiger partial charge in [0.05, 0.1) is 11.1 Å². The third-order valence-corrected chi connectivity index (χ3v) is 3.12. The molecule has 0 atom stereocenters. The summed E-state index contributed by atoms with van der Waals surface area (Å²) >= 11 is 0. The standard InChI is InChI=1S/C16H10F6/c1-10(15(17,18)19)11-2-4-12(5-3-11)13-6-8-14(9-7-13)16(20,21)22/h2-9H,1H2. The molecule has 2 aromatic carbocycles. The molecule has 2 rings (SSSR count). The second kappa shape index (κ2) is 5.51. The van der Waals surface area contributed by atoms with Crippen molar-refractivity contribution in [3.63, 3.8) is 0 Å². The number of alkyl halides is 6. The Bertz CT molecular complexity index is 660. The van der Waals surface area contributed by atoms with Crippen LogP contribution < -0.4 is 0 Å². The van der Waals surface area contributed by atoms with E-state index < -0.39 is 23.5 Å². The first-order valence-corrected chi connectivity index (χ1v) is 6.13. The van der Waals surface area contributed by atoms with Gasteiger partial charge >= 0.3 is 12.4 Å². The SMILES string of the molecule is C=C(c1ccc(-c2ccc(C(F)(F)F)cc2)cc1)C(F)(F)F. The Hall–Kier alpha value is -2.24. The maximum Gasteiger partial charge on any atom is 0.416 e. The fourth-order valence-corrected chi connectivity index (χ4v) is 1.88. The van der Waals surface area contributed by atoms with Gasteiger partial charge in [0.1, 0.15) is 0 Å². The maximum absolute atomic E-state index is 12.5. The number of allylic oxidation sites excluding steroid dienone is 1. The molecule has 2 aromatic rings. The molecule has 0 bridgehead atoms. The van der Waals surface area contributed by atoms with Crippen molar-refractivity contribution in [2.24, 2.45) is 0 Å². The quantitative estimate of drug-likeness (QED) is 0.601. The zero-order chi connectivity index (χ0) is 16.5. The summed E-state index contributed by atoms with van der Waals surface area (Å²) in [6, 6.07) is 9.71. The molecule has 0 spiro atoms. The van der Waals surface area contributed by atoms with Crippen molar-refractivity contribution in [1.82, 2.24) is 0 Å². The number of hydrogen-bond donors (Lipinski definition) is 0. The molecule has 22 heavy (non-hydrogen) atoms. The highest BCUT2D eigenvalue weighted by molar-refractivity contribution is 5.71. The van der Waals surface area contributed by atoms with Gasteiger partial charge in [0.15, 0.2) is 0 Å². The molecule has 0 heterocycles. The molecular formula is C16H10F6. The number of halogens is 6. The highest BCUT2D eigenvalue weighted by Crippen LogP contribution is 2.34. The van der Waals surface area contributed by atoms with E-state index in [1.54, 1.807) is 0 Å². The minimum absolute atomic E-state index is 0.0804. The summed E-state index contributed by atoms with van der Waals surface area (Å²) in [5, 5.41) is 0. The first-order chi connectivity index (χ1) is 10.1. The second-order valence-electron chi connectivity index (χ2n) is 4.63. The average Bonchev–Trinajstić information content (AvgIpc) is 2.45. The third kappa shape index (κ3) is 3.50. The molecule has 0 aromatic heterocycles. The molecule has 116 valence electrons. The van der Waals surface area contributed by atoms with E-state index in [1.165, 1.54) is 36.4 Å². The summed E-state index contributed by atoms with van der Waals surface area (Å²) in [5.74, 6) is 0. The van der Waals surface area contributed by atoms with Crippen molar-refractivity contribution in [3.8, 4) is 11.1 Å². The zero-order valence-electron chi connectivity index (χ0n) is 11.1. The molecule has 0 unspecified atom stereocenters. The van der Waals surface area contributed by atoms with Crippen LogP contribution in [-0.2, 0) is 6.18 Å². The normalized spacial score (nSPS) is 12.3. The van der Waals surface area contributed by atoms with Crippen LogP contribution in [0.15, 0.2) is 55.1 Å². The number of benzene rings is 2. The van der Waals surface area contributed by atoms with Gasteiger partial charge in [0, 0.05) is 0 Å². The monoisotopic (exact) mass is 316 g/mol. The van der Waals surface area contributed by atoms with Crippen LogP contribution >= 0.6 is 0 Å². The van der Waals surface area contributed by atoms with Gasteiger partial charge in [-0.2, -0.15) is 26.3 Å². The summed E-state index contributed by atoms with van der Waals surface area (Å²) in [6.45, 7) is 2.99. The fraction of sp³-hybridized carbons (Fsp3) is 0.125. The molecular weight excluding hydrogens is 306 g/mol. The van der Waals surface area contributed by atoms with Crippen LogP contribution in [0, 0.1) is 0 Å².